The van der Waals surface area contributed by atoms with Crippen LogP contribution in [0.3, 0.4) is 0 Å². The molecule has 0 aliphatic carbocycles. The Morgan fingerprint density at radius 1 is 0.739 bits per heavy atom. The first-order valence-electron chi connectivity index (χ1n) is 7.82. The van der Waals surface area contributed by atoms with Crippen molar-refractivity contribution in [3.8, 4) is 0 Å². The first-order chi connectivity index (χ1) is 11.1. The predicted octanol–water partition coefficient (Wildman–Crippen LogP) is 4.22. The van der Waals surface area contributed by atoms with Crippen LogP contribution in [0.4, 0.5) is 0 Å². The Bertz CT molecular complexity index is 1090. The van der Waals surface area contributed by atoms with Gasteiger partial charge in [-0.2, -0.15) is 0 Å². The zero-order valence-corrected chi connectivity index (χ0v) is 13.2. The van der Waals surface area contributed by atoms with E-state index in [1.165, 1.54) is 10.9 Å². The number of rotatable bonds is 2. The lowest BCUT2D eigenvalue weighted by Crippen LogP contribution is -2.14. The number of para-hydroxylation sites is 2. The molecule has 0 radical (unpaired) electrons. The molecule has 0 unspecified atom stereocenters. The standard InChI is InChI=1S/C20H18N2O/c1-12-16(14-7-3-5-9-18(14)21-12)11-17-13(2)22-19-10-6-4-8-15(19)20(17)23/h3-10,21H,11H2,1-2H3,(H,22,23). The molecule has 0 bridgehead atoms. The topological polar surface area (TPSA) is 48.6 Å². The van der Waals surface area contributed by atoms with Crippen molar-refractivity contribution >= 4 is 21.8 Å². The molecule has 2 heterocycles. The van der Waals surface area contributed by atoms with E-state index in [0.29, 0.717) is 6.42 Å². The first kappa shape index (κ1) is 13.8. The van der Waals surface area contributed by atoms with Crippen molar-refractivity contribution in [3.63, 3.8) is 0 Å². The van der Waals surface area contributed by atoms with E-state index in [-0.39, 0.29) is 5.43 Å². The maximum absolute atomic E-state index is 12.9. The number of H-pyrrole nitrogens is 2. The average Bonchev–Trinajstić information content (AvgIpc) is 2.87. The van der Waals surface area contributed by atoms with Gasteiger partial charge in [-0.25, -0.2) is 0 Å². The van der Waals surface area contributed by atoms with Crippen molar-refractivity contribution in [1.82, 2.24) is 9.97 Å². The zero-order valence-electron chi connectivity index (χ0n) is 13.2. The van der Waals surface area contributed by atoms with Crippen molar-refractivity contribution in [1.29, 1.82) is 0 Å². The molecular formula is C20H18N2O. The van der Waals surface area contributed by atoms with Crippen LogP contribution in [0, 0.1) is 13.8 Å². The lowest BCUT2D eigenvalue weighted by molar-refractivity contribution is 1.07. The van der Waals surface area contributed by atoms with E-state index in [4.69, 9.17) is 0 Å². The van der Waals surface area contributed by atoms with Crippen molar-refractivity contribution in [2.45, 2.75) is 20.3 Å². The summed E-state index contributed by atoms with van der Waals surface area (Å²) in [4.78, 5) is 19.7. The number of aromatic amines is 2. The van der Waals surface area contributed by atoms with E-state index in [9.17, 15) is 4.79 Å². The van der Waals surface area contributed by atoms with Gasteiger partial charge in [0.15, 0.2) is 5.43 Å². The molecule has 0 saturated heterocycles. The molecule has 3 nitrogen and oxygen atoms in total. The van der Waals surface area contributed by atoms with Crippen LogP contribution in [0.25, 0.3) is 21.8 Å². The summed E-state index contributed by atoms with van der Waals surface area (Å²) in [5.74, 6) is 0. The molecule has 4 rings (SSSR count). The molecule has 3 heteroatoms. The minimum atomic E-state index is 0.126. The Kier molecular flexibility index (Phi) is 3.08. The molecule has 0 aliphatic rings. The highest BCUT2D eigenvalue weighted by Crippen LogP contribution is 2.25. The van der Waals surface area contributed by atoms with Crippen LogP contribution in [0.2, 0.25) is 0 Å². The Labute approximate surface area is 134 Å². The Morgan fingerprint density at radius 3 is 1.96 bits per heavy atom. The first-order valence-corrected chi connectivity index (χ1v) is 7.82. The molecule has 2 aromatic carbocycles. The number of nitrogens with one attached hydrogen (secondary N) is 2. The Morgan fingerprint density at radius 2 is 1.26 bits per heavy atom. The van der Waals surface area contributed by atoms with Crippen molar-refractivity contribution < 1.29 is 0 Å². The maximum atomic E-state index is 12.9. The fourth-order valence-electron chi connectivity index (χ4n) is 3.35. The molecule has 23 heavy (non-hydrogen) atoms. The van der Waals surface area contributed by atoms with Crippen molar-refractivity contribution in [3.05, 3.63) is 81.3 Å². The molecule has 0 aliphatic heterocycles. The van der Waals surface area contributed by atoms with Gasteiger partial charge in [0.05, 0.1) is 0 Å². The van der Waals surface area contributed by atoms with Gasteiger partial charge in [0.1, 0.15) is 0 Å². The van der Waals surface area contributed by atoms with Crippen molar-refractivity contribution in [2.75, 3.05) is 0 Å². The van der Waals surface area contributed by atoms with Gasteiger partial charge in [-0.05, 0) is 37.6 Å². The number of aryl methyl sites for hydroxylation is 2. The monoisotopic (exact) mass is 302 g/mol. The van der Waals surface area contributed by atoms with Crippen LogP contribution in [0.15, 0.2) is 53.3 Å². The minimum Gasteiger partial charge on any atom is -0.358 e. The molecule has 2 N–H and O–H groups in total. The second kappa shape index (κ2) is 5.13. The summed E-state index contributed by atoms with van der Waals surface area (Å²) < 4.78 is 0. The smallest absolute Gasteiger partial charge is 0.193 e. The predicted molar refractivity (Wildman–Crippen MR) is 95.1 cm³/mol. The molecular weight excluding hydrogens is 284 g/mol. The quantitative estimate of drug-likeness (QED) is 0.572. The molecule has 114 valence electrons. The van der Waals surface area contributed by atoms with E-state index < -0.39 is 0 Å². The van der Waals surface area contributed by atoms with E-state index in [1.54, 1.807) is 0 Å². The van der Waals surface area contributed by atoms with Gasteiger partial charge in [-0.15, -0.1) is 0 Å². The van der Waals surface area contributed by atoms with Crippen LogP contribution >= 0.6 is 0 Å². The fourth-order valence-corrected chi connectivity index (χ4v) is 3.35. The van der Waals surface area contributed by atoms with Crippen LogP contribution in [0.1, 0.15) is 22.5 Å². The largest absolute Gasteiger partial charge is 0.358 e. The number of aromatic nitrogens is 2. The van der Waals surface area contributed by atoms with E-state index in [1.807, 2.05) is 43.3 Å². The highest BCUT2D eigenvalue weighted by molar-refractivity contribution is 5.85. The second-order valence-corrected chi connectivity index (χ2v) is 6.05. The maximum Gasteiger partial charge on any atom is 0.193 e. The van der Waals surface area contributed by atoms with E-state index >= 15 is 0 Å². The van der Waals surface area contributed by atoms with Gasteiger partial charge in [0.2, 0.25) is 0 Å². The third-order valence-corrected chi connectivity index (χ3v) is 4.60. The molecule has 0 atom stereocenters. The SMILES string of the molecule is Cc1[nH]c2ccccc2c(=O)c1Cc1c(C)[nH]c2ccccc12. The van der Waals surface area contributed by atoms with E-state index in [2.05, 4.69) is 29.0 Å². The van der Waals surface area contributed by atoms with Crippen LogP contribution in [0.5, 0.6) is 0 Å². The summed E-state index contributed by atoms with van der Waals surface area (Å²) in [5.41, 5.74) is 6.25. The number of benzene rings is 2. The van der Waals surface area contributed by atoms with Gasteiger partial charge in [0.25, 0.3) is 0 Å². The molecule has 0 spiro atoms. The third kappa shape index (κ3) is 2.16. The zero-order chi connectivity index (χ0) is 16.0. The molecule has 0 saturated carbocycles. The summed E-state index contributed by atoms with van der Waals surface area (Å²) in [5, 5.41) is 1.95. The second-order valence-electron chi connectivity index (χ2n) is 6.05. The molecule has 0 amide bonds. The average molecular weight is 302 g/mol. The van der Waals surface area contributed by atoms with Gasteiger partial charge in [-0.1, -0.05) is 30.3 Å². The number of hydrogen-bond donors (Lipinski definition) is 2. The summed E-state index contributed by atoms with van der Waals surface area (Å²) in [6.07, 6.45) is 0.641. The summed E-state index contributed by atoms with van der Waals surface area (Å²) in [7, 11) is 0. The summed E-state index contributed by atoms with van der Waals surface area (Å²) in [6.45, 7) is 4.05. The number of fused-ring (bicyclic) bond motifs is 2. The van der Waals surface area contributed by atoms with E-state index in [0.717, 1.165) is 33.4 Å². The number of hydrogen-bond acceptors (Lipinski definition) is 1. The summed E-state index contributed by atoms with van der Waals surface area (Å²) in [6, 6.07) is 15.9. The summed E-state index contributed by atoms with van der Waals surface area (Å²) >= 11 is 0. The Hall–Kier alpha value is -2.81. The lowest BCUT2D eigenvalue weighted by atomic mass is 9.99. The normalized spacial score (nSPS) is 11.4. The fraction of sp³-hybridized carbons (Fsp3) is 0.150. The van der Waals surface area contributed by atoms with Crippen LogP contribution < -0.4 is 5.43 Å². The molecule has 4 aromatic rings. The van der Waals surface area contributed by atoms with Crippen LogP contribution in [-0.2, 0) is 6.42 Å². The molecule has 2 aromatic heterocycles. The molecule has 0 fully saturated rings. The lowest BCUT2D eigenvalue weighted by Gasteiger charge is -2.08. The highest BCUT2D eigenvalue weighted by Gasteiger charge is 2.14. The third-order valence-electron chi connectivity index (χ3n) is 4.60. The van der Waals surface area contributed by atoms with Crippen LogP contribution in [-0.4, -0.2) is 9.97 Å². The van der Waals surface area contributed by atoms with Crippen molar-refractivity contribution in [2.24, 2.45) is 0 Å². The van der Waals surface area contributed by atoms with Gasteiger partial charge in [-0.3, -0.25) is 4.79 Å². The number of pyridine rings is 1. The Balaban J connectivity index is 1.93. The van der Waals surface area contributed by atoms with Gasteiger partial charge in [0, 0.05) is 45.2 Å². The van der Waals surface area contributed by atoms with Gasteiger partial charge >= 0.3 is 0 Å². The van der Waals surface area contributed by atoms with Gasteiger partial charge < -0.3 is 9.97 Å². The minimum absolute atomic E-state index is 0.126. The highest BCUT2D eigenvalue weighted by atomic mass is 16.1.